The van der Waals surface area contributed by atoms with Gasteiger partial charge in [-0.25, -0.2) is 4.79 Å². The van der Waals surface area contributed by atoms with Crippen molar-refractivity contribution in [2.75, 3.05) is 0 Å². The van der Waals surface area contributed by atoms with Gasteiger partial charge in [-0.1, -0.05) is 18.2 Å². The minimum atomic E-state index is -1.20. The van der Waals surface area contributed by atoms with Gasteiger partial charge in [0.1, 0.15) is 5.60 Å². The van der Waals surface area contributed by atoms with Gasteiger partial charge >= 0.3 is 12.1 Å². The van der Waals surface area contributed by atoms with E-state index in [0.717, 1.165) is 0 Å². The second-order valence-electron chi connectivity index (χ2n) is 5.61. The molecule has 0 saturated heterocycles. The molecule has 8 heteroatoms. The van der Waals surface area contributed by atoms with Crippen LogP contribution >= 0.6 is 0 Å². The second kappa shape index (κ2) is 6.88. The molecule has 0 heterocycles. The van der Waals surface area contributed by atoms with Gasteiger partial charge in [-0.15, -0.1) is 0 Å². The highest BCUT2D eigenvalue weighted by molar-refractivity contribution is 5.72. The lowest BCUT2D eigenvalue weighted by Gasteiger charge is -2.23. The molecule has 22 heavy (non-hydrogen) atoms. The molecule has 120 valence electrons. The number of amides is 1. The molecule has 0 aliphatic heterocycles. The Morgan fingerprint density at radius 3 is 2.45 bits per heavy atom. The van der Waals surface area contributed by atoms with Crippen LogP contribution < -0.4 is 5.32 Å². The summed E-state index contributed by atoms with van der Waals surface area (Å²) in [7, 11) is 0. The minimum absolute atomic E-state index is 0.112. The highest BCUT2D eigenvalue weighted by Gasteiger charge is 2.27. The summed E-state index contributed by atoms with van der Waals surface area (Å²) >= 11 is 0. The van der Waals surface area contributed by atoms with Gasteiger partial charge in [0.25, 0.3) is 5.69 Å². The third-order valence-electron chi connectivity index (χ3n) is 2.58. The van der Waals surface area contributed by atoms with Crippen LogP contribution in [0.15, 0.2) is 24.3 Å². The summed E-state index contributed by atoms with van der Waals surface area (Å²) in [5, 5.41) is 22.4. The number of carbonyl (C=O) groups is 2. The number of para-hydroxylation sites is 1. The molecule has 0 aliphatic rings. The quantitative estimate of drug-likeness (QED) is 0.637. The summed E-state index contributed by atoms with van der Waals surface area (Å²) in [5.41, 5.74) is -0.911. The van der Waals surface area contributed by atoms with Crippen molar-refractivity contribution in [3.8, 4) is 0 Å². The zero-order chi connectivity index (χ0) is 16.9. The van der Waals surface area contributed by atoms with Crippen LogP contribution in [-0.2, 0) is 9.53 Å². The molecule has 1 unspecified atom stereocenters. The summed E-state index contributed by atoms with van der Waals surface area (Å²) in [6, 6.07) is 4.60. The predicted molar refractivity (Wildman–Crippen MR) is 77.5 cm³/mol. The number of hydrogen-bond acceptors (Lipinski definition) is 5. The topological polar surface area (TPSA) is 119 Å². The molecule has 1 rings (SSSR count). The van der Waals surface area contributed by atoms with Crippen LogP contribution in [0.4, 0.5) is 10.5 Å². The Kier molecular flexibility index (Phi) is 5.44. The Balaban J connectivity index is 3.06. The molecule has 0 radical (unpaired) electrons. The maximum atomic E-state index is 11.8. The first-order chi connectivity index (χ1) is 10.1. The maximum absolute atomic E-state index is 11.8. The maximum Gasteiger partial charge on any atom is 0.408 e. The Hall–Kier alpha value is -2.64. The average Bonchev–Trinajstić information content (AvgIpc) is 2.35. The summed E-state index contributed by atoms with van der Waals surface area (Å²) in [6.07, 6.45) is -1.33. The Morgan fingerprint density at radius 1 is 1.36 bits per heavy atom. The van der Waals surface area contributed by atoms with E-state index >= 15 is 0 Å². The summed E-state index contributed by atoms with van der Waals surface area (Å²) in [5.74, 6) is -1.20. The number of nitrogens with one attached hydrogen (secondary N) is 1. The largest absolute Gasteiger partial charge is 0.481 e. The summed E-state index contributed by atoms with van der Waals surface area (Å²) in [4.78, 5) is 33.2. The normalized spacial score (nSPS) is 12.3. The zero-order valence-electron chi connectivity index (χ0n) is 12.5. The number of alkyl carbamates (subject to hydrolysis) is 1. The van der Waals surface area contributed by atoms with Crippen molar-refractivity contribution < 1.29 is 24.4 Å². The lowest BCUT2D eigenvalue weighted by molar-refractivity contribution is -0.385. The third-order valence-corrected chi connectivity index (χ3v) is 2.58. The van der Waals surface area contributed by atoms with Crippen molar-refractivity contribution >= 4 is 17.7 Å². The fourth-order valence-electron chi connectivity index (χ4n) is 1.81. The SMILES string of the molecule is CC(C)(C)OC(=O)NC(CC(=O)O)c1ccccc1[N+](=O)[O-]. The van der Waals surface area contributed by atoms with Gasteiger partial charge in [-0.05, 0) is 20.8 Å². The number of carboxylic acids is 1. The molecule has 2 N–H and O–H groups in total. The Morgan fingerprint density at radius 2 is 1.95 bits per heavy atom. The second-order valence-corrected chi connectivity index (χ2v) is 5.61. The number of hydrogen-bond donors (Lipinski definition) is 2. The van der Waals surface area contributed by atoms with E-state index in [0.29, 0.717) is 0 Å². The molecule has 0 fully saturated rings. The van der Waals surface area contributed by atoms with Gasteiger partial charge in [0.2, 0.25) is 0 Å². The third kappa shape index (κ3) is 5.39. The van der Waals surface area contributed by atoms with Crippen molar-refractivity contribution in [3.63, 3.8) is 0 Å². The lowest BCUT2D eigenvalue weighted by Crippen LogP contribution is -2.36. The fraction of sp³-hybridized carbons (Fsp3) is 0.429. The standard InChI is InChI=1S/C14H18N2O6/c1-14(2,3)22-13(19)15-10(8-12(17)18)9-6-4-5-7-11(9)16(20)21/h4-7,10H,8H2,1-3H3,(H,15,19)(H,17,18). The molecular formula is C14H18N2O6. The van der Waals surface area contributed by atoms with Gasteiger partial charge in [-0.2, -0.15) is 0 Å². The number of aliphatic carboxylic acids is 1. The monoisotopic (exact) mass is 310 g/mol. The van der Waals surface area contributed by atoms with Gasteiger partial charge in [0.15, 0.2) is 0 Å². The highest BCUT2D eigenvalue weighted by atomic mass is 16.6. The van der Waals surface area contributed by atoms with E-state index in [1.807, 2.05) is 0 Å². The van der Waals surface area contributed by atoms with Gasteiger partial charge in [0.05, 0.1) is 22.9 Å². The molecule has 0 saturated carbocycles. The van der Waals surface area contributed by atoms with Gasteiger partial charge < -0.3 is 15.2 Å². The van der Waals surface area contributed by atoms with E-state index in [-0.39, 0.29) is 11.3 Å². The lowest BCUT2D eigenvalue weighted by atomic mass is 10.0. The fourth-order valence-corrected chi connectivity index (χ4v) is 1.81. The van der Waals surface area contributed by atoms with Crippen molar-refractivity contribution in [1.29, 1.82) is 0 Å². The highest BCUT2D eigenvalue weighted by Crippen LogP contribution is 2.27. The number of nitro benzene ring substituents is 1. The molecule has 0 aromatic heterocycles. The van der Waals surface area contributed by atoms with Crippen LogP contribution in [0.3, 0.4) is 0 Å². The van der Waals surface area contributed by atoms with Crippen LogP contribution in [0.2, 0.25) is 0 Å². The zero-order valence-corrected chi connectivity index (χ0v) is 12.5. The van der Waals surface area contributed by atoms with Crippen molar-refractivity contribution in [3.05, 3.63) is 39.9 Å². The average molecular weight is 310 g/mol. The molecule has 1 aromatic rings. The van der Waals surface area contributed by atoms with Crippen LogP contribution in [0.5, 0.6) is 0 Å². The number of carbonyl (C=O) groups excluding carboxylic acids is 1. The number of rotatable bonds is 5. The first-order valence-corrected chi connectivity index (χ1v) is 6.55. The summed E-state index contributed by atoms with van der Waals surface area (Å²) in [6.45, 7) is 4.97. The first-order valence-electron chi connectivity index (χ1n) is 6.55. The van der Waals surface area contributed by atoms with E-state index in [4.69, 9.17) is 9.84 Å². The molecule has 0 bridgehead atoms. The molecule has 1 aromatic carbocycles. The smallest absolute Gasteiger partial charge is 0.408 e. The van der Waals surface area contributed by atoms with E-state index in [2.05, 4.69) is 5.32 Å². The van der Waals surface area contributed by atoms with Gasteiger partial charge in [0, 0.05) is 6.07 Å². The van der Waals surface area contributed by atoms with Crippen LogP contribution in [0.1, 0.15) is 38.8 Å². The Labute approximate surface area is 127 Å². The molecular weight excluding hydrogens is 292 g/mol. The number of benzene rings is 1. The Bertz CT molecular complexity index is 579. The molecule has 0 aliphatic carbocycles. The number of nitrogens with zero attached hydrogens (tertiary/aromatic N) is 1. The number of ether oxygens (including phenoxy) is 1. The number of nitro groups is 1. The van der Waals surface area contributed by atoms with Crippen LogP contribution in [0, 0.1) is 10.1 Å². The molecule has 1 atom stereocenters. The minimum Gasteiger partial charge on any atom is -0.481 e. The van der Waals surface area contributed by atoms with E-state index in [1.165, 1.54) is 24.3 Å². The van der Waals surface area contributed by atoms with Crippen molar-refractivity contribution in [1.82, 2.24) is 5.32 Å². The molecule has 8 nitrogen and oxygen atoms in total. The van der Waals surface area contributed by atoms with E-state index in [1.54, 1.807) is 20.8 Å². The molecule has 0 spiro atoms. The summed E-state index contributed by atoms with van der Waals surface area (Å²) < 4.78 is 5.06. The first kappa shape index (κ1) is 17.4. The number of carboxylic acid groups (broad SMARTS) is 1. The van der Waals surface area contributed by atoms with Crippen molar-refractivity contribution in [2.24, 2.45) is 0 Å². The van der Waals surface area contributed by atoms with Gasteiger partial charge in [-0.3, -0.25) is 14.9 Å². The van der Waals surface area contributed by atoms with Crippen LogP contribution in [-0.4, -0.2) is 27.7 Å². The van der Waals surface area contributed by atoms with Crippen LogP contribution in [0.25, 0.3) is 0 Å². The van der Waals surface area contributed by atoms with Crippen molar-refractivity contribution in [2.45, 2.75) is 38.8 Å². The molecule has 1 amide bonds. The predicted octanol–water partition coefficient (Wildman–Crippen LogP) is 2.64. The van der Waals surface area contributed by atoms with E-state index in [9.17, 15) is 19.7 Å². The van der Waals surface area contributed by atoms with E-state index < -0.39 is 35.0 Å².